The number of aromatic nitrogens is 1. The van der Waals surface area contributed by atoms with Gasteiger partial charge in [0.15, 0.2) is 0 Å². The monoisotopic (exact) mass is 244 g/mol. The summed E-state index contributed by atoms with van der Waals surface area (Å²) < 4.78 is 0. The molecule has 0 radical (unpaired) electrons. The average molecular weight is 245 g/mol. The van der Waals surface area contributed by atoms with Crippen LogP contribution in [0, 0.1) is 0 Å². The Morgan fingerprint density at radius 3 is 3.07 bits per heavy atom. The molecule has 1 saturated heterocycles. The molecule has 0 saturated carbocycles. The van der Waals surface area contributed by atoms with Crippen molar-refractivity contribution in [3.8, 4) is 0 Å². The molecule has 0 spiro atoms. The maximum atomic E-state index is 11.6. The van der Waals surface area contributed by atoms with E-state index in [-0.39, 0.29) is 5.91 Å². The van der Waals surface area contributed by atoms with Crippen molar-refractivity contribution in [2.45, 2.75) is 31.7 Å². The number of alkyl halides is 1. The Hall–Kier alpha value is -0.610. The Balaban J connectivity index is 1.98. The summed E-state index contributed by atoms with van der Waals surface area (Å²) >= 11 is 7.26. The van der Waals surface area contributed by atoms with Gasteiger partial charge in [-0.3, -0.25) is 4.79 Å². The molecule has 15 heavy (non-hydrogen) atoms. The van der Waals surface area contributed by atoms with Crippen LogP contribution in [-0.4, -0.2) is 22.3 Å². The molecule has 1 aromatic rings. The van der Waals surface area contributed by atoms with Crippen molar-refractivity contribution >= 4 is 28.8 Å². The molecule has 5 heteroatoms. The quantitative estimate of drug-likeness (QED) is 0.765. The van der Waals surface area contributed by atoms with E-state index in [0.717, 1.165) is 30.1 Å². The third-order valence-corrected chi connectivity index (χ3v) is 3.64. The van der Waals surface area contributed by atoms with E-state index in [1.807, 2.05) is 10.3 Å². The first-order valence-electron chi connectivity index (χ1n) is 5.06. The summed E-state index contributed by atoms with van der Waals surface area (Å²) in [6.45, 7) is 1.52. The zero-order valence-electron chi connectivity index (χ0n) is 8.41. The van der Waals surface area contributed by atoms with Gasteiger partial charge >= 0.3 is 0 Å². The molecule has 0 unspecified atom stereocenters. The molecular weight excluding hydrogens is 232 g/mol. The van der Waals surface area contributed by atoms with Crippen LogP contribution in [0.1, 0.15) is 30.0 Å². The smallest absolute Gasteiger partial charge is 0.222 e. The lowest BCUT2D eigenvalue weighted by atomic mass is 10.1. The Morgan fingerprint density at radius 1 is 1.53 bits per heavy atom. The highest BCUT2D eigenvalue weighted by Gasteiger charge is 2.18. The van der Waals surface area contributed by atoms with Crippen LogP contribution in [0.15, 0.2) is 5.38 Å². The topological polar surface area (TPSA) is 33.2 Å². The van der Waals surface area contributed by atoms with E-state index in [1.54, 1.807) is 11.3 Å². The lowest BCUT2D eigenvalue weighted by Gasteiger charge is -2.25. The maximum absolute atomic E-state index is 11.6. The summed E-state index contributed by atoms with van der Waals surface area (Å²) in [4.78, 5) is 17.8. The first-order chi connectivity index (χ1) is 7.29. The zero-order valence-corrected chi connectivity index (χ0v) is 9.98. The molecule has 2 rings (SSSR count). The second kappa shape index (κ2) is 4.94. The van der Waals surface area contributed by atoms with Gasteiger partial charge in [-0.25, -0.2) is 4.98 Å². The van der Waals surface area contributed by atoms with E-state index in [0.29, 0.717) is 18.8 Å². The van der Waals surface area contributed by atoms with E-state index in [9.17, 15) is 4.79 Å². The van der Waals surface area contributed by atoms with Crippen LogP contribution in [0.2, 0.25) is 0 Å². The number of halogens is 1. The van der Waals surface area contributed by atoms with Gasteiger partial charge in [0.2, 0.25) is 5.91 Å². The number of thiazole rings is 1. The fourth-order valence-electron chi connectivity index (χ4n) is 1.68. The highest BCUT2D eigenvalue weighted by Crippen LogP contribution is 2.17. The minimum Gasteiger partial charge on any atom is -0.336 e. The van der Waals surface area contributed by atoms with Crippen LogP contribution in [0.5, 0.6) is 0 Å². The van der Waals surface area contributed by atoms with Crippen molar-refractivity contribution in [1.82, 2.24) is 9.88 Å². The number of hydrogen-bond acceptors (Lipinski definition) is 3. The second-order valence-corrected chi connectivity index (χ2v) is 4.85. The number of carbonyl (C=O) groups excluding carboxylic acids is 1. The van der Waals surface area contributed by atoms with Crippen LogP contribution < -0.4 is 0 Å². The summed E-state index contributed by atoms with van der Waals surface area (Å²) in [6, 6.07) is 0. The van der Waals surface area contributed by atoms with Crippen LogP contribution >= 0.6 is 22.9 Å². The molecule has 82 valence electrons. The van der Waals surface area contributed by atoms with Gasteiger partial charge in [-0.1, -0.05) is 0 Å². The summed E-state index contributed by atoms with van der Waals surface area (Å²) in [7, 11) is 0. The summed E-state index contributed by atoms with van der Waals surface area (Å²) in [6.07, 6.45) is 2.83. The lowest BCUT2D eigenvalue weighted by Crippen LogP contribution is -2.34. The van der Waals surface area contributed by atoms with Gasteiger partial charge < -0.3 is 4.90 Å². The molecule has 0 N–H and O–H groups in total. The maximum Gasteiger partial charge on any atom is 0.222 e. The molecular formula is C10H13ClN2OS. The fourth-order valence-corrected chi connectivity index (χ4v) is 2.71. The number of amides is 1. The first-order valence-corrected chi connectivity index (χ1v) is 6.48. The predicted octanol–water partition coefficient (Wildman–Crippen LogP) is 2.39. The highest BCUT2D eigenvalue weighted by molar-refractivity contribution is 7.09. The molecule has 0 aliphatic carbocycles. The largest absolute Gasteiger partial charge is 0.336 e. The van der Waals surface area contributed by atoms with Crippen LogP contribution in [-0.2, 0) is 17.2 Å². The van der Waals surface area contributed by atoms with E-state index >= 15 is 0 Å². The van der Waals surface area contributed by atoms with E-state index in [1.165, 1.54) is 0 Å². The molecule has 1 aliphatic heterocycles. The number of rotatable bonds is 3. The molecule has 2 heterocycles. The fraction of sp³-hybridized carbons (Fsp3) is 0.600. The number of piperidine rings is 1. The number of nitrogens with zero attached hydrogens (tertiary/aromatic N) is 2. The number of hydrogen-bond donors (Lipinski definition) is 0. The predicted molar refractivity (Wildman–Crippen MR) is 60.9 cm³/mol. The van der Waals surface area contributed by atoms with Crippen molar-refractivity contribution in [2.75, 3.05) is 6.54 Å². The molecule has 3 nitrogen and oxygen atoms in total. The number of carbonyl (C=O) groups is 1. The molecule has 1 aromatic heterocycles. The van der Waals surface area contributed by atoms with Gasteiger partial charge in [0.25, 0.3) is 0 Å². The van der Waals surface area contributed by atoms with Crippen molar-refractivity contribution in [1.29, 1.82) is 0 Å². The van der Waals surface area contributed by atoms with Crippen molar-refractivity contribution in [3.05, 3.63) is 16.1 Å². The van der Waals surface area contributed by atoms with Gasteiger partial charge in [-0.15, -0.1) is 22.9 Å². The van der Waals surface area contributed by atoms with Crippen molar-refractivity contribution in [2.24, 2.45) is 0 Å². The first kappa shape index (κ1) is 10.9. The molecule has 0 bridgehead atoms. The Labute approximate surface area is 98.1 Å². The second-order valence-electron chi connectivity index (χ2n) is 3.64. The van der Waals surface area contributed by atoms with Gasteiger partial charge in [-0.05, 0) is 12.8 Å². The van der Waals surface area contributed by atoms with Crippen molar-refractivity contribution in [3.63, 3.8) is 0 Å². The molecule has 0 atom stereocenters. The molecule has 1 amide bonds. The lowest BCUT2D eigenvalue weighted by molar-refractivity contribution is -0.133. The average Bonchev–Trinajstić information content (AvgIpc) is 2.69. The Bertz CT molecular complexity index is 353. The van der Waals surface area contributed by atoms with E-state index < -0.39 is 0 Å². The summed E-state index contributed by atoms with van der Waals surface area (Å²) in [5, 5.41) is 2.94. The normalized spacial score (nSPS) is 17.1. The molecule has 0 aromatic carbocycles. The van der Waals surface area contributed by atoms with E-state index in [2.05, 4.69) is 4.98 Å². The molecule has 1 aliphatic rings. The van der Waals surface area contributed by atoms with E-state index in [4.69, 9.17) is 11.6 Å². The summed E-state index contributed by atoms with van der Waals surface area (Å²) in [5.41, 5.74) is 0.904. The SMILES string of the molecule is O=C1CCCCN1Cc1nc(CCl)cs1. The van der Waals surface area contributed by atoms with Crippen LogP contribution in [0.25, 0.3) is 0 Å². The van der Waals surface area contributed by atoms with Gasteiger partial charge in [0, 0.05) is 18.3 Å². The van der Waals surface area contributed by atoms with Crippen LogP contribution in [0.3, 0.4) is 0 Å². The molecule has 1 fully saturated rings. The van der Waals surface area contributed by atoms with Gasteiger partial charge in [0.1, 0.15) is 5.01 Å². The van der Waals surface area contributed by atoms with Gasteiger partial charge in [-0.2, -0.15) is 0 Å². The minimum atomic E-state index is 0.254. The zero-order chi connectivity index (χ0) is 10.7. The third-order valence-electron chi connectivity index (χ3n) is 2.48. The summed E-state index contributed by atoms with van der Waals surface area (Å²) in [5.74, 6) is 0.702. The minimum absolute atomic E-state index is 0.254. The van der Waals surface area contributed by atoms with Gasteiger partial charge in [0.05, 0.1) is 18.1 Å². The Morgan fingerprint density at radius 2 is 2.40 bits per heavy atom. The standard InChI is InChI=1S/C10H13ClN2OS/c11-5-8-7-15-9(12-8)6-13-4-2-1-3-10(13)14/h7H,1-6H2. The van der Waals surface area contributed by atoms with Crippen molar-refractivity contribution < 1.29 is 4.79 Å². The van der Waals surface area contributed by atoms with Crippen LogP contribution in [0.4, 0.5) is 0 Å². The Kier molecular flexibility index (Phi) is 3.59. The number of likely N-dealkylation sites (tertiary alicyclic amines) is 1. The highest BCUT2D eigenvalue weighted by atomic mass is 35.5. The third kappa shape index (κ3) is 2.69.